The zero-order valence-corrected chi connectivity index (χ0v) is 18.2. The van der Waals surface area contributed by atoms with E-state index in [1.807, 2.05) is 0 Å². The second-order valence-corrected chi connectivity index (χ2v) is 9.04. The minimum absolute atomic E-state index is 0.0272. The first-order valence-electron chi connectivity index (χ1n) is 10.4. The third kappa shape index (κ3) is 5.90. The number of halogens is 1. The van der Waals surface area contributed by atoms with Crippen molar-refractivity contribution in [2.45, 2.75) is 46.1 Å². The van der Waals surface area contributed by atoms with Gasteiger partial charge in [0.15, 0.2) is 0 Å². The lowest BCUT2D eigenvalue weighted by Gasteiger charge is -2.33. The van der Waals surface area contributed by atoms with Crippen LogP contribution in [0, 0.1) is 17.2 Å². The topological polar surface area (TPSA) is 67.3 Å². The number of hydrogen-bond acceptors (Lipinski definition) is 5. The zero-order valence-electron chi connectivity index (χ0n) is 18.2. The normalized spacial score (nSPS) is 16.2. The van der Waals surface area contributed by atoms with E-state index in [0.717, 1.165) is 24.8 Å². The summed E-state index contributed by atoms with van der Waals surface area (Å²) >= 11 is 0. The molecule has 2 heterocycles. The lowest BCUT2D eigenvalue weighted by atomic mass is 9.85. The number of nitrogens with one attached hydrogen (secondary N) is 1. The van der Waals surface area contributed by atoms with Crippen LogP contribution in [0.4, 0.5) is 10.3 Å². The van der Waals surface area contributed by atoms with Crippen LogP contribution in [0.3, 0.4) is 0 Å². The van der Waals surface area contributed by atoms with Crippen LogP contribution in [0.1, 0.15) is 51.6 Å². The number of methoxy groups -OCH3 is 1. The number of amides is 1. The van der Waals surface area contributed by atoms with Crippen molar-refractivity contribution in [3.63, 3.8) is 0 Å². The molecule has 2 aromatic rings. The molecule has 0 aliphatic carbocycles. The molecule has 1 N–H and O–H groups in total. The number of ether oxygens (including phenoxy) is 1. The van der Waals surface area contributed by atoms with Crippen LogP contribution in [-0.4, -0.2) is 36.1 Å². The Hall–Kier alpha value is -2.70. The fourth-order valence-corrected chi connectivity index (χ4v) is 3.79. The highest BCUT2D eigenvalue weighted by Crippen LogP contribution is 2.31. The standard InChI is InChI=1S/C23H31FN4O2/c1-23(2,3)15-19(16-5-7-18(24)8-6-16)26-21(29)17-10-13-28(14-11-17)22-25-12-9-20(27-22)30-4/h5-9,12,17,19H,10-11,13-15H2,1-4H3,(H,26,29). The molecule has 1 saturated heterocycles. The number of rotatable bonds is 6. The Balaban J connectivity index is 1.63. The molecule has 3 rings (SSSR count). The molecule has 7 heteroatoms. The van der Waals surface area contributed by atoms with Crippen molar-refractivity contribution >= 4 is 11.9 Å². The number of benzene rings is 1. The van der Waals surface area contributed by atoms with Gasteiger partial charge in [-0.05, 0) is 42.4 Å². The number of carbonyl (C=O) groups is 1. The number of hydrogen-bond donors (Lipinski definition) is 1. The number of anilines is 1. The van der Waals surface area contributed by atoms with E-state index in [-0.39, 0.29) is 29.1 Å². The molecule has 0 saturated carbocycles. The SMILES string of the molecule is COc1ccnc(N2CCC(C(=O)NC(CC(C)(C)C)c3ccc(F)cc3)CC2)n1. The van der Waals surface area contributed by atoms with Crippen molar-refractivity contribution in [1.82, 2.24) is 15.3 Å². The summed E-state index contributed by atoms with van der Waals surface area (Å²) in [5.41, 5.74) is 0.959. The predicted molar refractivity (Wildman–Crippen MR) is 115 cm³/mol. The van der Waals surface area contributed by atoms with Crippen molar-refractivity contribution < 1.29 is 13.9 Å². The van der Waals surface area contributed by atoms with Crippen LogP contribution in [0.5, 0.6) is 5.88 Å². The van der Waals surface area contributed by atoms with E-state index >= 15 is 0 Å². The molecule has 1 aromatic carbocycles. The van der Waals surface area contributed by atoms with Crippen LogP contribution in [0.2, 0.25) is 0 Å². The highest BCUT2D eigenvalue weighted by Gasteiger charge is 2.29. The smallest absolute Gasteiger partial charge is 0.228 e. The minimum Gasteiger partial charge on any atom is -0.481 e. The summed E-state index contributed by atoms with van der Waals surface area (Å²) in [4.78, 5) is 23.8. The number of carbonyl (C=O) groups excluding carboxylic acids is 1. The number of aromatic nitrogens is 2. The quantitative estimate of drug-likeness (QED) is 0.770. The van der Waals surface area contributed by atoms with E-state index in [1.165, 1.54) is 12.1 Å². The fourth-order valence-electron chi connectivity index (χ4n) is 3.79. The molecule has 162 valence electrons. The number of nitrogens with zero attached hydrogens (tertiary/aromatic N) is 3. The van der Waals surface area contributed by atoms with E-state index in [1.54, 1.807) is 31.5 Å². The molecule has 1 aliphatic rings. The molecule has 1 unspecified atom stereocenters. The zero-order chi connectivity index (χ0) is 21.7. The van der Waals surface area contributed by atoms with E-state index < -0.39 is 0 Å². The van der Waals surface area contributed by atoms with Crippen LogP contribution in [0.15, 0.2) is 36.5 Å². The molecule has 6 nitrogen and oxygen atoms in total. The largest absolute Gasteiger partial charge is 0.481 e. The third-order valence-corrected chi connectivity index (χ3v) is 5.38. The molecule has 1 atom stereocenters. The van der Waals surface area contributed by atoms with Gasteiger partial charge in [0.05, 0.1) is 13.2 Å². The third-order valence-electron chi connectivity index (χ3n) is 5.38. The average Bonchev–Trinajstić information content (AvgIpc) is 2.73. The van der Waals surface area contributed by atoms with Crippen LogP contribution < -0.4 is 15.0 Å². The summed E-state index contributed by atoms with van der Waals surface area (Å²) in [6.07, 6.45) is 3.93. The fraction of sp³-hybridized carbons (Fsp3) is 0.522. The Morgan fingerprint density at radius 1 is 1.23 bits per heavy atom. The maximum atomic E-state index is 13.4. The van der Waals surface area contributed by atoms with Crippen LogP contribution in [0.25, 0.3) is 0 Å². The molecule has 1 aromatic heterocycles. The molecule has 30 heavy (non-hydrogen) atoms. The summed E-state index contributed by atoms with van der Waals surface area (Å²) in [6, 6.07) is 7.99. The van der Waals surface area contributed by atoms with Gasteiger partial charge in [-0.3, -0.25) is 4.79 Å². The Morgan fingerprint density at radius 3 is 2.50 bits per heavy atom. The van der Waals surface area contributed by atoms with Gasteiger partial charge in [-0.15, -0.1) is 0 Å². The molecule has 1 amide bonds. The van der Waals surface area contributed by atoms with Crippen molar-refractivity contribution in [2.75, 3.05) is 25.1 Å². The van der Waals surface area contributed by atoms with Crippen LogP contribution >= 0.6 is 0 Å². The Labute approximate surface area is 177 Å². The first-order valence-corrected chi connectivity index (χ1v) is 10.4. The van der Waals surface area contributed by atoms with Gasteiger partial charge in [0.25, 0.3) is 0 Å². The molecular weight excluding hydrogens is 383 g/mol. The minimum atomic E-state index is -0.272. The van der Waals surface area contributed by atoms with Gasteiger partial charge >= 0.3 is 0 Å². The van der Waals surface area contributed by atoms with E-state index in [0.29, 0.717) is 24.9 Å². The number of piperidine rings is 1. The van der Waals surface area contributed by atoms with Crippen molar-refractivity contribution in [1.29, 1.82) is 0 Å². The maximum absolute atomic E-state index is 13.4. The molecule has 0 spiro atoms. The van der Waals surface area contributed by atoms with Crippen LogP contribution in [-0.2, 0) is 4.79 Å². The molecular formula is C23H31FN4O2. The Morgan fingerprint density at radius 2 is 1.90 bits per heavy atom. The summed E-state index contributed by atoms with van der Waals surface area (Å²) < 4.78 is 18.5. The van der Waals surface area contributed by atoms with Crippen molar-refractivity contribution in [2.24, 2.45) is 11.3 Å². The summed E-state index contributed by atoms with van der Waals surface area (Å²) in [6.45, 7) is 7.85. The first-order chi connectivity index (χ1) is 14.2. The maximum Gasteiger partial charge on any atom is 0.228 e. The van der Waals surface area contributed by atoms with Gasteiger partial charge in [0.2, 0.25) is 17.7 Å². The van der Waals surface area contributed by atoms with E-state index in [4.69, 9.17) is 4.74 Å². The predicted octanol–water partition coefficient (Wildman–Crippen LogP) is 4.13. The Bertz CT molecular complexity index is 843. The summed E-state index contributed by atoms with van der Waals surface area (Å²) in [5, 5.41) is 3.22. The lowest BCUT2D eigenvalue weighted by molar-refractivity contribution is -0.126. The van der Waals surface area contributed by atoms with E-state index in [9.17, 15) is 9.18 Å². The van der Waals surface area contributed by atoms with Gasteiger partial charge in [-0.1, -0.05) is 32.9 Å². The average molecular weight is 415 g/mol. The highest BCUT2D eigenvalue weighted by atomic mass is 19.1. The highest BCUT2D eigenvalue weighted by molar-refractivity contribution is 5.79. The van der Waals surface area contributed by atoms with Crippen molar-refractivity contribution in [3.05, 3.63) is 47.9 Å². The molecule has 0 bridgehead atoms. The summed E-state index contributed by atoms with van der Waals surface area (Å²) in [5.74, 6) is 0.885. The first kappa shape index (κ1) is 22.0. The second-order valence-electron chi connectivity index (χ2n) is 9.04. The monoisotopic (exact) mass is 414 g/mol. The van der Waals surface area contributed by atoms with Crippen molar-refractivity contribution in [3.8, 4) is 5.88 Å². The molecule has 1 aliphatic heterocycles. The van der Waals surface area contributed by atoms with Gasteiger partial charge < -0.3 is 15.0 Å². The van der Waals surface area contributed by atoms with Gasteiger partial charge in [0, 0.05) is 31.3 Å². The van der Waals surface area contributed by atoms with Gasteiger partial charge in [0.1, 0.15) is 5.82 Å². The van der Waals surface area contributed by atoms with Gasteiger partial charge in [-0.2, -0.15) is 4.98 Å². The summed E-state index contributed by atoms with van der Waals surface area (Å²) in [7, 11) is 1.58. The lowest BCUT2D eigenvalue weighted by Crippen LogP contribution is -2.42. The van der Waals surface area contributed by atoms with E-state index in [2.05, 4.69) is 41.0 Å². The van der Waals surface area contributed by atoms with Gasteiger partial charge in [-0.25, -0.2) is 9.37 Å². The Kier molecular flexibility index (Phi) is 6.90. The second kappa shape index (κ2) is 9.41. The molecule has 1 fully saturated rings. The molecule has 0 radical (unpaired) electrons.